The monoisotopic (exact) mass is 203 g/mol. The molecule has 0 radical (unpaired) electrons. The van der Waals surface area contributed by atoms with E-state index in [0.717, 1.165) is 0 Å². The second-order valence-corrected chi connectivity index (χ2v) is 1.86. The second kappa shape index (κ2) is 9.58. The van der Waals surface area contributed by atoms with Gasteiger partial charge >= 0.3 is 57.4 Å². The van der Waals surface area contributed by atoms with Crippen molar-refractivity contribution in [3.8, 4) is 0 Å². The molecule has 0 saturated carbocycles. The molecule has 0 saturated heterocycles. The first-order chi connectivity index (χ1) is 4.54. The first-order valence-corrected chi connectivity index (χ1v) is 2.72. The van der Waals surface area contributed by atoms with Gasteiger partial charge in [0.05, 0.1) is 5.97 Å². The second-order valence-electron chi connectivity index (χ2n) is 1.86. The van der Waals surface area contributed by atoms with Crippen LogP contribution < -0.4 is 62.2 Å². The first-order valence-electron chi connectivity index (χ1n) is 2.72. The van der Waals surface area contributed by atoms with Crippen molar-refractivity contribution in [2.75, 3.05) is 0 Å². The molecule has 0 aliphatic heterocycles. The van der Waals surface area contributed by atoms with Crippen LogP contribution in [0.5, 0.6) is 0 Å². The molecule has 0 bridgehead atoms. The van der Waals surface area contributed by atoms with Gasteiger partial charge in [0.1, 0.15) is 0 Å². The Morgan fingerprint density at radius 2 is 1.92 bits per heavy atom. The molecule has 0 aliphatic carbocycles. The van der Waals surface area contributed by atoms with Crippen molar-refractivity contribution in [2.45, 2.75) is 18.9 Å². The fourth-order valence-corrected chi connectivity index (χ4v) is 0.397. The number of carbonyl (C=O) groups excluding carboxylic acids is 1. The van der Waals surface area contributed by atoms with E-state index in [9.17, 15) is 14.7 Å². The minimum absolute atomic E-state index is 0. The molecule has 66 valence electrons. The predicted octanol–water partition coefficient (Wildman–Crippen LogP) is -5.89. The number of hydrogen-bond donors (Lipinski definition) is 2. The van der Waals surface area contributed by atoms with E-state index in [1.165, 1.54) is 0 Å². The van der Waals surface area contributed by atoms with Gasteiger partial charge < -0.3 is 26.2 Å². The van der Waals surface area contributed by atoms with Crippen LogP contribution in [0.3, 0.4) is 0 Å². The van der Waals surface area contributed by atoms with E-state index >= 15 is 0 Å². The Morgan fingerprint density at radius 3 is 2.17 bits per heavy atom. The summed E-state index contributed by atoms with van der Waals surface area (Å²) in [5.74, 6) is -2.47. The van der Waals surface area contributed by atoms with Crippen molar-refractivity contribution in [3.05, 3.63) is 0 Å². The summed E-state index contributed by atoms with van der Waals surface area (Å²) in [5.41, 5.74) is 4.94. The van der Waals surface area contributed by atoms with Gasteiger partial charge in [0.25, 0.3) is 0 Å². The molecule has 0 rings (SSSR count). The molecule has 1 atom stereocenters. The Labute approximate surface area is 112 Å². The smallest absolute Gasteiger partial charge is 0.548 e. The van der Waals surface area contributed by atoms with Crippen molar-refractivity contribution in [2.24, 2.45) is 5.73 Å². The molecule has 0 amide bonds. The zero-order valence-corrected chi connectivity index (χ0v) is 9.86. The van der Waals surface area contributed by atoms with Gasteiger partial charge in [-0.15, -0.1) is 0 Å². The molecular formula is C5H10KNO5. The van der Waals surface area contributed by atoms with E-state index in [4.69, 9.17) is 10.8 Å². The maximum atomic E-state index is 9.88. The molecule has 7 heteroatoms. The molecule has 0 spiro atoms. The SMILES string of the molecule is N[C@H](CCC(=O)O)C(=O)[O-].O.[K+]. The van der Waals surface area contributed by atoms with Crippen LogP contribution in [0.4, 0.5) is 0 Å². The van der Waals surface area contributed by atoms with E-state index < -0.39 is 18.0 Å². The summed E-state index contributed by atoms with van der Waals surface area (Å²) in [6.07, 6.45) is -0.327. The Kier molecular flexibility index (Phi) is 14.6. The standard InChI is InChI=1S/C5H9NO4.K.H2O/c6-3(5(9)10)1-2-4(7)8;;/h3H,1-2,6H2,(H,7,8)(H,9,10);;1H2/q;+1;/p-1/t3-;;/m1../s1. The van der Waals surface area contributed by atoms with Gasteiger partial charge in [-0.25, -0.2) is 0 Å². The number of nitrogens with two attached hydrogens (primary N) is 1. The number of carboxylic acids is 2. The van der Waals surface area contributed by atoms with Crippen LogP contribution in [0.25, 0.3) is 0 Å². The van der Waals surface area contributed by atoms with E-state index in [-0.39, 0.29) is 69.7 Å². The number of carboxylic acid groups (broad SMARTS) is 2. The predicted molar refractivity (Wildman–Crippen MR) is 33.5 cm³/mol. The van der Waals surface area contributed by atoms with Crippen molar-refractivity contribution in [1.29, 1.82) is 0 Å². The Hall–Kier alpha value is 0.496. The average Bonchev–Trinajstić information content (AvgIpc) is 1.82. The third kappa shape index (κ3) is 10.5. The van der Waals surface area contributed by atoms with Crippen molar-refractivity contribution < 1.29 is 76.7 Å². The number of hydrogen-bond acceptors (Lipinski definition) is 4. The summed E-state index contributed by atoms with van der Waals surface area (Å²) in [4.78, 5) is 19.7. The largest absolute Gasteiger partial charge is 1.00 e. The van der Waals surface area contributed by atoms with E-state index in [1.54, 1.807) is 0 Å². The summed E-state index contributed by atoms with van der Waals surface area (Å²) in [6.45, 7) is 0. The Balaban J connectivity index is -0.000000405. The van der Waals surface area contributed by atoms with Gasteiger partial charge in [-0.1, -0.05) is 0 Å². The minimum Gasteiger partial charge on any atom is -0.548 e. The third-order valence-corrected chi connectivity index (χ3v) is 0.972. The Morgan fingerprint density at radius 1 is 1.50 bits per heavy atom. The van der Waals surface area contributed by atoms with Crippen LogP contribution in [0, 0.1) is 0 Å². The fourth-order valence-electron chi connectivity index (χ4n) is 0.397. The summed E-state index contributed by atoms with van der Waals surface area (Å²) in [5, 5.41) is 18.0. The van der Waals surface area contributed by atoms with Crippen molar-refractivity contribution in [3.63, 3.8) is 0 Å². The third-order valence-electron chi connectivity index (χ3n) is 0.972. The summed E-state index contributed by atoms with van der Waals surface area (Å²) < 4.78 is 0. The summed E-state index contributed by atoms with van der Waals surface area (Å²) >= 11 is 0. The van der Waals surface area contributed by atoms with E-state index in [2.05, 4.69) is 0 Å². The van der Waals surface area contributed by atoms with Crippen LogP contribution in [0.2, 0.25) is 0 Å². The van der Waals surface area contributed by atoms with Gasteiger partial charge in [0, 0.05) is 12.5 Å². The van der Waals surface area contributed by atoms with E-state index in [0.29, 0.717) is 0 Å². The van der Waals surface area contributed by atoms with Crippen LogP contribution in [0.15, 0.2) is 0 Å². The van der Waals surface area contributed by atoms with Crippen LogP contribution in [0.1, 0.15) is 12.8 Å². The van der Waals surface area contributed by atoms with Gasteiger partial charge in [-0.3, -0.25) is 4.79 Å². The van der Waals surface area contributed by atoms with Crippen LogP contribution in [-0.2, 0) is 9.59 Å². The number of aliphatic carboxylic acids is 2. The zero-order valence-electron chi connectivity index (χ0n) is 6.74. The molecule has 0 aromatic carbocycles. The summed E-state index contributed by atoms with van der Waals surface area (Å²) in [7, 11) is 0. The molecule has 0 aliphatic rings. The molecule has 0 unspecified atom stereocenters. The fraction of sp³-hybridized carbons (Fsp3) is 0.600. The molecular weight excluding hydrogens is 193 g/mol. The van der Waals surface area contributed by atoms with Crippen molar-refractivity contribution in [1.82, 2.24) is 0 Å². The van der Waals surface area contributed by atoms with Gasteiger partial charge in [-0.05, 0) is 6.42 Å². The molecule has 0 fully saturated rings. The minimum atomic E-state index is -1.42. The van der Waals surface area contributed by atoms with Crippen molar-refractivity contribution >= 4 is 11.9 Å². The maximum Gasteiger partial charge on any atom is 1.00 e. The number of carbonyl (C=O) groups is 2. The zero-order chi connectivity index (χ0) is 8.15. The molecule has 0 heterocycles. The van der Waals surface area contributed by atoms with Gasteiger partial charge in [-0.2, -0.15) is 0 Å². The quantitative estimate of drug-likeness (QED) is 0.438. The molecule has 6 nitrogen and oxygen atoms in total. The van der Waals surface area contributed by atoms with Gasteiger partial charge in [0.15, 0.2) is 0 Å². The molecule has 0 aromatic heterocycles. The average molecular weight is 203 g/mol. The van der Waals surface area contributed by atoms with E-state index in [1.807, 2.05) is 0 Å². The first kappa shape index (κ1) is 18.3. The maximum absolute atomic E-state index is 9.88. The topological polar surface area (TPSA) is 135 Å². The number of rotatable bonds is 4. The van der Waals surface area contributed by atoms with Gasteiger partial charge in [0.2, 0.25) is 0 Å². The Bertz CT molecular complexity index is 151. The summed E-state index contributed by atoms with van der Waals surface area (Å²) in [6, 6.07) is -1.17. The normalized spacial score (nSPS) is 10.4. The molecule has 0 aromatic rings. The molecule has 5 N–H and O–H groups in total. The molecule has 12 heavy (non-hydrogen) atoms. The van der Waals surface area contributed by atoms with Crippen LogP contribution >= 0.6 is 0 Å². The van der Waals surface area contributed by atoms with Crippen LogP contribution in [-0.4, -0.2) is 28.6 Å².